The largest absolute Gasteiger partial charge is 0.387 e. The van der Waals surface area contributed by atoms with Crippen LogP contribution in [0.1, 0.15) is 31.1 Å². The van der Waals surface area contributed by atoms with E-state index in [0.29, 0.717) is 0 Å². The predicted octanol–water partition coefficient (Wildman–Crippen LogP) is 2.39. The highest BCUT2D eigenvalue weighted by Crippen LogP contribution is 2.22. The fourth-order valence-electron chi connectivity index (χ4n) is 1.35. The zero-order chi connectivity index (χ0) is 10.7. The van der Waals surface area contributed by atoms with E-state index in [-0.39, 0.29) is 6.04 Å². The molecule has 2 atom stereocenters. The fourth-order valence-corrected chi connectivity index (χ4v) is 1.91. The highest BCUT2D eigenvalue weighted by Gasteiger charge is 2.13. The van der Waals surface area contributed by atoms with Crippen LogP contribution in [0.2, 0.25) is 0 Å². The predicted molar refractivity (Wildman–Crippen MR) is 62.1 cm³/mol. The normalized spacial score (nSPS) is 15.2. The Kier molecular flexibility index (Phi) is 4.11. The molecule has 0 amide bonds. The van der Waals surface area contributed by atoms with Gasteiger partial charge in [0.05, 0.1) is 6.10 Å². The van der Waals surface area contributed by atoms with E-state index >= 15 is 0 Å². The maximum absolute atomic E-state index is 9.80. The van der Waals surface area contributed by atoms with E-state index < -0.39 is 6.10 Å². The van der Waals surface area contributed by atoms with Crippen molar-refractivity contribution >= 4 is 15.9 Å². The van der Waals surface area contributed by atoms with Gasteiger partial charge in [-0.1, -0.05) is 28.9 Å². The third-order valence-corrected chi connectivity index (χ3v) is 2.69. The fraction of sp³-hybridized carbons (Fsp3) is 0.455. The molecular weight excluding hydrogens is 242 g/mol. The second-order valence-electron chi connectivity index (χ2n) is 3.55. The molecule has 0 fully saturated rings. The first-order valence-corrected chi connectivity index (χ1v) is 5.57. The molecule has 0 aliphatic heterocycles. The molecule has 0 bridgehead atoms. The highest BCUT2D eigenvalue weighted by atomic mass is 79.9. The van der Waals surface area contributed by atoms with Crippen LogP contribution in [0.15, 0.2) is 22.7 Å². The molecule has 0 saturated heterocycles. The number of benzene rings is 1. The molecule has 0 spiro atoms. The SMILES string of the molecule is CCc1cc(Br)cc(C(O)C(C)N)c1. The Balaban J connectivity index is 3.02. The number of rotatable bonds is 3. The summed E-state index contributed by atoms with van der Waals surface area (Å²) in [6.07, 6.45) is 0.371. The molecule has 0 radical (unpaired) electrons. The Hall–Kier alpha value is -0.380. The van der Waals surface area contributed by atoms with Gasteiger partial charge in [-0.25, -0.2) is 0 Å². The molecule has 0 heterocycles. The Morgan fingerprint density at radius 2 is 2.07 bits per heavy atom. The second-order valence-corrected chi connectivity index (χ2v) is 4.47. The minimum absolute atomic E-state index is 0.242. The third-order valence-electron chi connectivity index (χ3n) is 2.23. The minimum Gasteiger partial charge on any atom is -0.387 e. The Bertz CT molecular complexity index is 312. The molecule has 2 unspecified atom stereocenters. The molecule has 14 heavy (non-hydrogen) atoms. The first-order valence-electron chi connectivity index (χ1n) is 4.77. The molecule has 2 nitrogen and oxygen atoms in total. The Morgan fingerprint density at radius 3 is 2.57 bits per heavy atom. The van der Waals surface area contributed by atoms with Crippen LogP contribution in [-0.2, 0) is 6.42 Å². The van der Waals surface area contributed by atoms with Gasteiger partial charge in [-0.2, -0.15) is 0 Å². The van der Waals surface area contributed by atoms with Gasteiger partial charge in [-0.05, 0) is 36.6 Å². The number of aliphatic hydroxyl groups is 1. The number of aryl methyl sites for hydroxylation is 1. The van der Waals surface area contributed by atoms with Crippen LogP contribution >= 0.6 is 15.9 Å². The van der Waals surface area contributed by atoms with E-state index in [1.165, 1.54) is 5.56 Å². The average molecular weight is 258 g/mol. The molecule has 1 aromatic rings. The lowest BCUT2D eigenvalue weighted by atomic mass is 10.0. The molecular formula is C11H16BrNO. The van der Waals surface area contributed by atoms with Crippen LogP contribution in [0.5, 0.6) is 0 Å². The Labute approximate surface area is 93.3 Å². The van der Waals surface area contributed by atoms with Crippen LogP contribution in [0.4, 0.5) is 0 Å². The van der Waals surface area contributed by atoms with E-state index in [2.05, 4.69) is 28.9 Å². The van der Waals surface area contributed by atoms with Crippen molar-refractivity contribution in [2.24, 2.45) is 5.73 Å². The molecule has 1 aromatic carbocycles. The van der Waals surface area contributed by atoms with Crippen molar-refractivity contribution in [2.45, 2.75) is 32.4 Å². The van der Waals surface area contributed by atoms with E-state index in [1.807, 2.05) is 12.1 Å². The number of hydrogen-bond donors (Lipinski definition) is 2. The van der Waals surface area contributed by atoms with Crippen LogP contribution < -0.4 is 5.73 Å². The Morgan fingerprint density at radius 1 is 1.43 bits per heavy atom. The average Bonchev–Trinajstić information content (AvgIpc) is 2.15. The van der Waals surface area contributed by atoms with E-state index in [9.17, 15) is 5.11 Å². The molecule has 78 valence electrons. The van der Waals surface area contributed by atoms with Crippen LogP contribution in [0, 0.1) is 0 Å². The van der Waals surface area contributed by atoms with Crippen molar-refractivity contribution < 1.29 is 5.11 Å². The quantitative estimate of drug-likeness (QED) is 0.874. The van der Waals surface area contributed by atoms with E-state index in [1.54, 1.807) is 6.92 Å². The summed E-state index contributed by atoms with van der Waals surface area (Å²) in [7, 11) is 0. The minimum atomic E-state index is -0.585. The number of halogens is 1. The van der Waals surface area contributed by atoms with Gasteiger partial charge in [0.15, 0.2) is 0 Å². The van der Waals surface area contributed by atoms with E-state index in [4.69, 9.17) is 5.73 Å². The van der Waals surface area contributed by atoms with Crippen LogP contribution in [0.3, 0.4) is 0 Å². The topological polar surface area (TPSA) is 46.2 Å². The monoisotopic (exact) mass is 257 g/mol. The summed E-state index contributed by atoms with van der Waals surface area (Å²) >= 11 is 3.42. The lowest BCUT2D eigenvalue weighted by Gasteiger charge is -2.16. The lowest BCUT2D eigenvalue weighted by molar-refractivity contribution is 0.153. The molecule has 0 aromatic heterocycles. The molecule has 0 aliphatic rings. The van der Waals surface area contributed by atoms with Gasteiger partial charge in [0.1, 0.15) is 0 Å². The summed E-state index contributed by atoms with van der Waals surface area (Å²) in [5.41, 5.74) is 7.73. The molecule has 3 heteroatoms. The summed E-state index contributed by atoms with van der Waals surface area (Å²) in [4.78, 5) is 0. The van der Waals surface area contributed by atoms with Gasteiger partial charge in [-0.15, -0.1) is 0 Å². The second kappa shape index (κ2) is 4.91. The zero-order valence-corrected chi connectivity index (χ0v) is 10.1. The van der Waals surface area contributed by atoms with Gasteiger partial charge in [0, 0.05) is 10.5 Å². The zero-order valence-electron chi connectivity index (χ0n) is 8.50. The first-order chi connectivity index (χ1) is 6.54. The number of hydrogen-bond acceptors (Lipinski definition) is 2. The number of aliphatic hydroxyl groups excluding tert-OH is 1. The van der Waals surface area contributed by atoms with Gasteiger partial charge in [0.2, 0.25) is 0 Å². The summed E-state index contributed by atoms with van der Waals surface area (Å²) in [6.45, 7) is 3.89. The molecule has 3 N–H and O–H groups in total. The van der Waals surface area contributed by atoms with Gasteiger partial charge in [-0.3, -0.25) is 0 Å². The van der Waals surface area contributed by atoms with Crippen molar-refractivity contribution in [3.05, 3.63) is 33.8 Å². The van der Waals surface area contributed by atoms with Crippen molar-refractivity contribution in [1.82, 2.24) is 0 Å². The maximum atomic E-state index is 9.80. The van der Waals surface area contributed by atoms with Crippen LogP contribution in [0.25, 0.3) is 0 Å². The van der Waals surface area contributed by atoms with Crippen LogP contribution in [-0.4, -0.2) is 11.1 Å². The summed E-state index contributed by atoms with van der Waals surface area (Å²) < 4.78 is 0.992. The summed E-state index contributed by atoms with van der Waals surface area (Å²) in [5.74, 6) is 0. The van der Waals surface area contributed by atoms with Gasteiger partial charge in [0.25, 0.3) is 0 Å². The molecule has 0 aliphatic carbocycles. The molecule has 1 rings (SSSR count). The standard InChI is InChI=1S/C11H16BrNO/c1-3-8-4-9(6-10(12)5-8)11(14)7(2)13/h4-7,11,14H,3,13H2,1-2H3. The summed E-state index contributed by atoms with van der Waals surface area (Å²) in [5, 5.41) is 9.80. The summed E-state index contributed by atoms with van der Waals surface area (Å²) in [6, 6.07) is 5.72. The van der Waals surface area contributed by atoms with E-state index in [0.717, 1.165) is 16.5 Å². The third kappa shape index (κ3) is 2.80. The maximum Gasteiger partial charge on any atom is 0.0938 e. The highest BCUT2D eigenvalue weighted by molar-refractivity contribution is 9.10. The van der Waals surface area contributed by atoms with Crippen molar-refractivity contribution in [3.63, 3.8) is 0 Å². The lowest BCUT2D eigenvalue weighted by Crippen LogP contribution is -2.24. The first kappa shape index (κ1) is 11.7. The van der Waals surface area contributed by atoms with Gasteiger partial charge < -0.3 is 10.8 Å². The van der Waals surface area contributed by atoms with Crippen molar-refractivity contribution in [3.8, 4) is 0 Å². The number of nitrogens with two attached hydrogens (primary N) is 1. The van der Waals surface area contributed by atoms with Crippen molar-refractivity contribution in [2.75, 3.05) is 0 Å². The van der Waals surface area contributed by atoms with Crippen molar-refractivity contribution in [1.29, 1.82) is 0 Å². The molecule has 0 saturated carbocycles. The smallest absolute Gasteiger partial charge is 0.0938 e. The van der Waals surface area contributed by atoms with Gasteiger partial charge >= 0.3 is 0 Å².